The summed E-state index contributed by atoms with van der Waals surface area (Å²) in [6.45, 7) is 5.58. The Morgan fingerprint density at radius 2 is 1.60 bits per heavy atom. The maximum absolute atomic E-state index is 12.6. The monoisotopic (exact) mass is 345 g/mol. The smallest absolute Gasteiger partial charge is 0.253 e. The number of nitrogens with zero attached hydrogens (tertiary/aromatic N) is 2. The van der Waals surface area contributed by atoms with Crippen LogP contribution >= 0.6 is 0 Å². The molecule has 6 nitrogen and oxygen atoms in total. The molecule has 2 fully saturated rings. The molecule has 0 bridgehead atoms. The van der Waals surface area contributed by atoms with Gasteiger partial charge in [-0.25, -0.2) is 0 Å². The highest BCUT2D eigenvalue weighted by Gasteiger charge is 2.32. The fourth-order valence-electron chi connectivity index (χ4n) is 3.50. The van der Waals surface area contributed by atoms with E-state index >= 15 is 0 Å². The summed E-state index contributed by atoms with van der Waals surface area (Å²) >= 11 is 0. The van der Waals surface area contributed by atoms with Gasteiger partial charge >= 0.3 is 0 Å². The first-order valence-electron chi connectivity index (χ1n) is 9.04. The van der Waals surface area contributed by atoms with Crippen LogP contribution in [0.1, 0.15) is 28.8 Å². The van der Waals surface area contributed by atoms with Crippen molar-refractivity contribution in [2.45, 2.75) is 25.8 Å². The Bertz CT molecular complexity index is 603. The van der Waals surface area contributed by atoms with Crippen molar-refractivity contribution in [2.75, 3.05) is 39.4 Å². The lowest BCUT2D eigenvalue weighted by molar-refractivity contribution is -0.136. The molecular weight excluding hydrogens is 318 g/mol. The number of rotatable bonds is 3. The molecule has 136 valence electrons. The molecule has 0 aliphatic carbocycles. The van der Waals surface area contributed by atoms with Crippen LogP contribution in [0.2, 0.25) is 0 Å². The molecule has 3 rings (SSSR count). The van der Waals surface area contributed by atoms with E-state index < -0.39 is 6.04 Å². The van der Waals surface area contributed by atoms with Crippen LogP contribution in [-0.4, -0.2) is 67.0 Å². The van der Waals surface area contributed by atoms with Crippen molar-refractivity contribution in [1.82, 2.24) is 9.80 Å². The lowest BCUT2D eigenvalue weighted by Gasteiger charge is -2.37. The summed E-state index contributed by atoms with van der Waals surface area (Å²) in [5.74, 6) is 0.239. The molecule has 1 aromatic carbocycles. The minimum absolute atomic E-state index is 0.00864. The summed E-state index contributed by atoms with van der Waals surface area (Å²) in [5, 5.41) is 0. The standard InChI is InChI=1S/C19H27N3O3/c1-14-2-4-16(5-3-14)18(23)21-8-10-22(11-9-21)19(24)17(20)15-6-12-25-13-7-15/h2-5,15,17H,6-13,20H2,1H3. The average molecular weight is 345 g/mol. The van der Waals surface area contributed by atoms with Crippen molar-refractivity contribution in [3.8, 4) is 0 Å². The van der Waals surface area contributed by atoms with Gasteiger partial charge in [0.2, 0.25) is 5.91 Å². The third-order valence-electron chi connectivity index (χ3n) is 5.24. The number of aryl methyl sites for hydroxylation is 1. The van der Waals surface area contributed by atoms with E-state index in [1.807, 2.05) is 36.1 Å². The fourth-order valence-corrected chi connectivity index (χ4v) is 3.50. The van der Waals surface area contributed by atoms with Crippen LogP contribution in [0.4, 0.5) is 0 Å². The van der Waals surface area contributed by atoms with E-state index in [9.17, 15) is 9.59 Å². The predicted molar refractivity (Wildman–Crippen MR) is 95.2 cm³/mol. The van der Waals surface area contributed by atoms with Gasteiger partial charge in [-0.3, -0.25) is 9.59 Å². The molecule has 2 amide bonds. The van der Waals surface area contributed by atoms with Crippen molar-refractivity contribution in [2.24, 2.45) is 11.7 Å². The first-order valence-corrected chi connectivity index (χ1v) is 9.04. The van der Waals surface area contributed by atoms with Crippen molar-refractivity contribution in [1.29, 1.82) is 0 Å². The summed E-state index contributed by atoms with van der Waals surface area (Å²) in [7, 11) is 0. The molecule has 1 unspecified atom stereocenters. The molecule has 1 aromatic rings. The lowest BCUT2D eigenvalue weighted by atomic mass is 9.91. The second-order valence-electron chi connectivity index (χ2n) is 6.96. The van der Waals surface area contributed by atoms with Gasteiger partial charge in [0.15, 0.2) is 0 Å². The molecule has 6 heteroatoms. The van der Waals surface area contributed by atoms with Gasteiger partial charge in [0, 0.05) is 45.0 Å². The van der Waals surface area contributed by atoms with E-state index in [1.54, 1.807) is 4.90 Å². The second kappa shape index (κ2) is 7.97. The highest BCUT2D eigenvalue weighted by atomic mass is 16.5. The molecule has 0 radical (unpaired) electrons. The van der Waals surface area contributed by atoms with Gasteiger partial charge in [-0.1, -0.05) is 17.7 Å². The molecule has 1 atom stereocenters. The highest BCUT2D eigenvalue weighted by molar-refractivity contribution is 5.94. The van der Waals surface area contributed by atoms with Crippen LogP contribution in [0, 0.1) is 12.8 Å². The largest absolute Gasteiger partial charge is 0.381 e. The third kappa shape index (κ3) is 4.19. The number of carbonyl (C=O) groups is 2. The molecule has 2 saturated heterocycles. The Morgan fingerprint density at radius 3 is 2.20 bits per heavy atom. The van der Waals surface area contributed by atoms with Crippen LogP contribution < -0.4 is 5.73 Å². The van der Waals surface area contributed by atoms with Crippen LogP contribution in [0.5, 0.6) is 0 Å². The van der Waals surface area contributed by atoms with Gasteiger partial charge in [-0.2, -0.15) is 0 Å². The van der Waals surface area contributed by atoms with E-state index in [1.165, 1.54) is 0 Å². The van der Waals surface area contributed by atoms with Gasteiger partial charge in [-0.15, -0.1) is 0 Å². The lowest BCUT2D eigenvalue weighted by Crippen LogP contribution is -2.56. The fraction of sp³-hybridized carbons (Fsp3) is 0.579. The van der Waals surface area contributed by atoms with Crippen molar-refractivity contribution in [3.05, 3.63) is 35.4 Å². The molecule has 25 heavy (non-hydrogen) atoms. The van der Waals surface area contributed by atoms with Gasteiger partial charge in [0.1, 0.15) is 0 Å². The molecule has 2 aliphatic rings. The average Bonchev–Trinajstić information content (AvgIpc) is 2.67. The number of carbonyl (C=O) groups excluding carboxylic acids is 2. The zero-order valence-corrected chi connectivity index (χ0v) is 14.8. The molecular formula is C19H27N3O3. The number of nitrogens with two attached hydrogens (primary N) is 1. The number of ether oxygens (including phenoxy) is 1. The molecule has 0 saturated carbocycles. The Morgan fingerprint density at radius 1 is 1.04 bits per heavy atom. The first kappa shape index (κ1) is 17.9. The third-order valence-corrected chi connectivity index (χ3v) is 5.24. The number of piperazine rings is 1. The Hall–Kier alpha value is -1.92. The summed E-state index contributed by atoms with van der Waals surface area (Å²) in [6.07, 6.45) is 1.69. The summed E-state index contributed by atoms with van der Waals surface area (Å²) in [4.78, 5) is 28.8. The quantitative estimate of drug-likeness (QED) is 0.888. The molecule has 0 spiro atoms. The highest BCUT2D eigenvalue weighted by Crippen LogP contribution is 2.20. The first-order chi connectivity index (χ1) is 12.1. The maximum atomic E-state index is 12.6. The Kier molecular flexibility index (Phi) is 5.71. The summed E-state index contributed by atoms with van der Waals surface area (Å²) in [6, 6.07) is 7.15. The van der Waals surface area contributed by atoms with Gasteiger partial charge < -0.3 is 20.3 Å². The van der Waals surface area contributed by atoms with E-state index in [4.69, 9.17) is 10.5 Å². The number of hydrogen-bond donors (Lipinski definition) is 1. The predicted octanol–water partition coefficient (Wildman–Crippen LogP) is 1.03. The topological polar surface area (TPSA) is 75.9 Å². The second-order valence-corrected chi connectivity index (χ2v) is 6.96. The molecule has 0 aromatic heterocycles. The molecule has 2 aliphatic heterocycles. The Labute approximate surface area is 148 Å². The number of benzene rings is 1. The van der Waals surface area contributed by atoms with Crippen molar-refractivity contribution in [3.63, 3.8) is 0 Å². The van der Waals surface area contributed by atoms with Gasteiger partial charge in [0.25, 0.3) is 5.91 Å². The van der Waals surface area contributed by atoms with Gasteiger partial charge in [0.05, 0.1) is 6.04 Å². The summed E-state index contributed by atoms with van der Waals surface area (Å²) in [5.41, 5.74) is 8.03. The van der Waals surface area contributed by atoms with Crippen LogP contribution in [0.3, 0.4) is 0 Å². The Balaban J connectivity index is 1.53. The molecule has 2 heterocycles. The maximum Gasteiger partial charge on any atom is 0.253 e. The van der Waals surface area contributed by atoms with Gasteiger partial charge in [-0.05, 0) is 37.8 Å². The van der Waals surface area contributed by atoms with E-state index in [0.29, 0.717) is 45.0 Å². The van der Waals surface area contributed by atoms with Crippen LogP contribution in [-0.2, 0) is 9.53 Å². The minimum atomic E-state index is -0.455. The zero-order chi connectivity index (χ0) is 17.8. The SMILES string of the molecule is Cc1ccc(C(=O)N2CCN(C(=O)C(N)C3CCOCC3)CC2)cc1. The molecule has 2 N–H and O–H groups in total. The summed E-state index contributed by atoms with van der Waals surface area (Å²) < 4.78 is 5.34. The van der Waals surface area contributed by atoms with E-state index in [-0.39, 0.29) is 17.7 Å². The zero-order valence-electron chi connectivity index (χ0n) is 14.8. The van der Waals surface area contributed by atoms with E-state index in [2.05, 4.69) is 0 Å². The number of hydrogen-bond acceptors (Lipinski definition) is 4. The normalized spacial score (nSPS) is 20.4. The minimum Gasteiger partial charge on any atom is -0.381 e. The van der Waals surface area contributed by atoms with Crippen molar-refractivity contribution < 1.29 is 14.3 Å². The van der Waals surface area contributed by atoms with Crippen LogP contribution in [0.15, 0.2) is 24.3 Å². The van der Waals surface area contributed by atoms with Crippen LogP contribution in [0.25, 0.3) is 0 Å². The number of amides is 2. The van der Waals surface area contributed by atoms with E-state index in [0.717, 1.165) is 18.4 Å². The van der Waals surface area contributed by atoms with Crippen molar-refractivity contribution >= 4 is 11.8 Å².